The lowest BCUT2D eigenvalue weighted by Crippen LogP contribution is -2.44. The van der Waals surface area contributed by atoms with E-state index in [0.717, 1.165) is 6.42 Å². The summed E-state index contributed by atoms with van der Waals surface area (Å²) in [6.07, 6.45) is -0.381. The van der Waals surface area contributed by atoms with E-state index in [0.29, 0.717) is 6.54 Å². The number of ether oxygens (including phenoxy) is 1. The highest BCUT2D eigenvalue weighted by molar-refractivity contribution is 5.70. The van der Waals surface area contributed by atoms with Crippen molar-refractivity contribution in [3.8, 4) is 0 Å². The van der Waals surface area contributed by atoms with E-state index in [1.165, 1.54) is 4.90 Å². The molecule has 2 heterocycles. The first-order valence-corrected chi connectivity index (χ1v) is 5.02. The number of hydrogen-bond donors (Lipinski definition) is 0. The summed E-state index contributed by atoms with van der Waals surface area (Å²) in [5, 5.41) is 0. The molecule has 2 aliphatic heterocycles. The molecule has 1 aliphatic carbocycles. The van der Waals surface area contributed by atoms with Crippen molar-refractivity contribution in [3.05, 3.63) is 0 Å². The summed E-state index contributed by atoms with van der Waals surface area (Å²) in [7, 11) is 0. The Balaban J connectivity index is 1.94. The van der Waals surface area contributed by atoms with E-state index in [4.69, 9.17) is 4.74 Å². The Bertz CT molecular complexity index is 261. The zero-order chi connectivity index (χ0) is 10.5. The van der Waals surface area contributed by atoms with Crippen LogP contribution in [0.3, 0.4) is 0 Å². The summed E-state index contributed by atoms with van der Waals surface area (Å²) >= 11 is 0. The van der Waals surface area contributed by atoms with E-state index >= 15 is 0 Å². The van der Waals surface area contributed by atoms with Gasteiger partial charge in [-0.15, -0.1) is 0 Å². The molecule has 3 fully saturated rings. The largest absolute Gasteiger partial charge is 0.444 e. The zero-order valence-corrected chi connectivity index (χ0v) is 8.79. The molecule has 2 bridgehead atoms. The molecule has 1 saturated carbocycles. The van der Waals surface area contributed by atoms with Crippen molar-refractivity contribution in [2.75, 3.05) is 6.54 Å². The predicted octanol–water partition coefficient (Wildman–Crippen LogP) is 1.96. The molecule has 3 nitrogen and oxygen atoms in total. The van der Waals surface area contributed by atoms with E-state index in [9.17, 15) is 9.18 Å². The molecule has 3 rings (SSSR count). The highest BCUT2D eigenvalue weighted by Crippen LogP contribution is 2.43. The minimum Gasteiger partial charge on any atom is -0.444 e. The van der Waals surface area contributed by atoms with Crippen LogP contribution in [0, 0.1) is 5.92 Å². The Morgan fingerprint density at radius 1 is 1.50 bits per heavy atom. The Hall–Kier alpha value is -0.800. The molecule has 0 aromatic heterocycles. The van der Waals surface area contributed by atoms with Crippen molar-refractivity contribution in [3.63, 3.8) is 0 Å². The fourth-order valence-corrected chi connectivity index (χ4v) is 2.08. The number of nitrogens with zero attached hydrogens (tertiary/aromatic N) is 1. The molecular weight excluding hydrogens is 185 g/mol. The van der Waals surface area contributed by atoms with Gasteiger partial charge in [-0.05, 0) is 27.2 Å². The molecule has 0 N–H and O–H groups in total. The minimum atomic E-state index is -0.817. The van der Waals surface area contributed by atoms with Crippen LogP contribution >= 0.6 is 0 Å². The number of halogens is 1. The van der Waals surface area contributed by atoms with Gasteiger partial charge < -0.3 is 9.64 Å². The van der Waals surface area contributed by atoms with Crippen LogP contribution in [-0.4, -0.2) is 35.4 Å². The van der Waals surface area contributed by atoms with Crippen molar-refractivity contribution in [1.82, 2.24) is 4.90 Å². The molecule has 4 heteroatoms. The number of alkyl halides is 1. The smallest absolute Gasteiger partial charge is 0.410 e. The van der Waals surface area contributed by atoms with Gasteiger partial charge in [0.05, 0.1) is 6.04 Å². The SMILES string of the molecule is CC(C)(C)OC(=O)N1C[C@H]2C[C@@H]1[C@@H]2F. The van der Waals surface area contributed by atoms with Crippen molar-refractivity contribution in [1.29, 1.82) is 0 Å². The number of carbonyl (C=O) groups excluding carboxylic acids is 1. The second-order valence-electron chi connectivity index (χ2n) is 5.14. The number of amides is 1. The third-order valence-corrected chi connectivity index (χ3v) is 2.82. The van der Waals surface area contributed by atoms with Crippen LogP contribution in [-0.2, 0) is 4.74 Å². The lowest BCUT2D eigenvalue weighted by atomic mass is 9.84. The maximum absolute atomic E-state index is 13.2. The van der Waals surface area contributed by atoms with Crippen LogP contribution in [0.2, 0.25) is 0 Å². The van der Waals surface area contributed by atoms with Gasteiger partial charge in [0.25, 0.3) is 0 Å². The Morgan fingerprint density at radius 3 is 2.50 bits per heavy atom. The fourth-order valence-electron chi connectivity index (χ4n) is 2.08. The molecule has 0 aromatic rings. The van der Waals surface area contributed by atoms with E-state index in [-0.39, 0.29) is 18.1 Å². The average Bonchev–Trinajstić information content (AvgIpc) is 2.55. The summed E-state index contributed by atoms with van der Waals surface area (Å²) in [5.74, 6) is 0.0625. The molecule has 0 unspecified atom stereocenters. The predicted molar refractivity (Wildman–Crippen MR) is 49.7 cm³/mol. The van der Waals surface area contributed by atoms with Crippen LogP contribution < -0.4 is 0 Å². The first-order valence-electron chi connectivity index (χ1n) is 5.02. The lowest BCUT2D eigenvalue weighted by Gasteiger charge is -2.31. The van der Waals surface area contributed by atoms with Gasteiger partial charge in [0.15, 0.2) is 0 Å². The van der Waals surface area contributed by atoms with Crippen LogP contribution in [0.4, 0.5) is 9.18 Å². The molecule has 0 aromatic carbocycles. The van der Waals surface area contributed by atoms with Crippen LogP contribution in [0.1, 0.15) is 27.2 Å². The first kappa shape index (κ1) is 9.74. The highest BCUT2D eigenvalue weighted by atomic mass is 19.1. The average molecular weight is 201 g/mol. The Labute approximate surface area is 83.2 Å². The Morgan fingerprint density at radius 2 is 2.14 bits per heavy atom. The van der Waals surface area contributed by atoms with Gasteiger partial charge >= 0.3 is 6.09 Å². The van der Waals surface area contributed by atoms with E-state index in [1.54, 1.807) is 0 Å². The summed E-state index contributed by atoms with van der Waals surface area (Å²) in [4.78, 5) is 13.1. The molecule has 2 saturated heterocycles. The maximum atomic E-state index is 13.2. The number of rotatable bonds is 0. The third kappa shape index (κ3) is 1.47. The van der Waals surface area contributed by atoms with E-state index in [1.807, 2.05) is 20.8 Å². The van der Waals surface area contributed by atoms with Crippen LogP contribution in [0.15, 0.2) is 0 Å². The van der Waals surface area contributed by atoms with Gasteiger partial charge in [-0.3, -0.25) is 0 Å². The molecule has 3 atom stereocenters. The zero-order valence-electron chi connectivity index (χ0n) is 8.79. The van der Waals surface area contributed by atoms with Gasteiger partial charge in [0.1, 0.15) is 11.8 Å². The monoisotopic (exact) mass is 201 g/mol. The summed E-state index contributed by atoms with van der Waals surface area (Å²) in [6, 6.07) is -0.213. The quantitative estimate of drug-likeness (QED) is 0.599. The number of carbonyl (C=O) groups is 1. The van der Waals surface area contributed by atoms with E-state index in [2.05, 4.69) is 0 Å². The molecule has 1 amide bonds. The van der Waals surface area contributed by atoms with Crippen molar-refractivity contribution in [2.24, 2.45) is 5.92 Å². The third-order valence-electron chi connectivity index (χ3n) is 2.82. The highest BCUT2D eigenvalue weighted by Gasteiger charge is 2.55. The molecule has 80 valence electrons. The lowest BCUT2D eigenvalue weighted by molar-refractivity contribution is 0.0169. The van der Waals surface area contributed by atoms with Gasteiger partial charge in [-0.2, -0.15) is 0 Å². The van der Waals surface area contributed by atoms with Gasteiger partial charge in [-0.25, -0.2) is 9.18 Å². The molecular formula is C10H16FNO2. The second-order valence-corrected chi connectivity index (χ2v) is 5.14. The Kier molecular flexibility index (Phi) is 1.98. The summed E-state index contributed by atoms with van der Waals surface area (Å²) < 4.78 is 18.3. The van der Waals surface area contributed by atoms with Crippen LogP contribution in [0.5, 0.6) is 0 Å². The molecule has 14 heavy (non-hydrogen) atoms. The van der Waals surface area contributed by atoms with Gasteiger partial charge in [0.2, 0.25) is 0 Å². The topological polar surface area (TPSA) is 29.5 Å². The second kappa shape index (κ2) is 2.84. The normalized spacial score (nSPS) is 35.4. The van der Waals surface area contributed by atoms with Gasteiger partial charge in [0, 0.05) is 12.5 Å². The standard InChI is InChI=1S/C10H16FNO2/c1-10(2,3)14-9(13)12-5-6-4-7(12)8(6)11/h6-8H,4-5H2,1-3H3/t6-,7-,8-/m1/s1. The number of fused-ring (bicyclic) bond motifs is 1. The summed E-state index contributed by atoms with van der Waals surface area (Å²) in [6.45, 7) is 5.98. The van der Waals surface area contributed by atoms with Gasteiger partial charge in [-0.1, -0.05) is 0 Å². The van der Waals surface area contributed by atoms with E-state index < -0.39 is 11.8 Å². The van der Waals surface area contributed by atoms with Crippen molar-refractivity contribution in [2.45, 2.75) is 45.0 Å². The minimum absolute atomic E-state index is 0.0625. The van der Waals surface area contributed by atoms with Crippen LogP contribution in [0.25, 0.3) is 0 Å². The summed E-state index contributed by atoms with van der Waals surface area (Å²) in [5.41, 5.74) is -0.490. The van der Waals surface area contributed by atoms with Crippen molar-refractivity contribution >= 4 is 6.09 Å². The molecule has 0 radical (unpaired) electrons. The first-order chi connectivity index (χ1) is 6.38. The fraction of sp³-hybridized carbons (Fsp3) is 0.900. The molecule has 3 aliphatic rings. The molecule has 0 spiro atoms. The van der Waals surface area contributed by atoms with Crippen molar-refractivity contribution < 1.29 is 13.9 Å². The number of hydrogen-bond acceptors (Lipinski definition) is 2. The maximum Gasteiger partial charge on any atom is 0.410 e.